The third-order valence-electron chi connectivity index (χ3n) is 6.13. The normalized spacial score (nSPS) is 20.5. The van der Waals surface area contributed by atoms with Crippen LogP contribution in [0.4, 0.5) is 4.39 Å². The molecule has 1 amide bonds. The van der Waals surface area contributed by atoms with Crippen molar-refractivity contribution in [3.8, 4) is 0 Å². The minimum absolute atomic E-state index is 0.0789. The van der Waals surface area contributed by atoms with Crippen LogP contribution in [0.25, 0.3) is 0 Å². The number of hydrogen-bond acceptors (Lipinski definition) is 6. The number of hydrogen-bond donors (Lipinski definition) is 0. The van der Waals surface area contributed by atoms with E-state index in [1.165, 1.54) is 6.07 Å². The van der Waals surface area contributed by atoms with Gasteiger partial charge in [-0.2, -0.15) is 0 Å². The highest BCUT2D eigenvalue weighted by atomic mass is 19.1. The lowest BCUT2D eigenvalue weighted by molar-refractivity contribution is 0.0436. The maximum atomic E-state index is 13.9. The fourth-order valence-corrected chi connectivity index (χ4v) is 4.36. The minimum Gasteiger partial charge on any atom is -0.376 e. The summed E-state index contributed by atoms with van der Waals surface area (Å²) in [7, 11) is 0. The van der Waals surface area contributed by atoms with E-state index in [4.69, 9.17) is 9.37 Å². The highest BCUT2D eigenvalue weighted by Gasteiger charge is 2.30. The van der Waals surface area contributed by atoms with Gasteiger partial charge in [0.05, 0.1) is 6.10 Å². The van der Waals surface area contributed by atoms with Crippen LogP contribution in [0.5, 0.6) is 0 Å². The molecule has 162 valence electrons. The zero-order valence-corrected chi connectivity index (χ0v) is 17.4. The van der Waals surface area contributed by atoms with Crippen molar-refractivity contribution in [1.29, 1.82) is 0 Å². The summed E-state index contributed by atoms with van der Waals surface area (Å²) in [5.74, 6) is 0.106. The standard InChI is InChI=1S/C22H29FN4O3/c1-16-21(25-30-24-16)22(28)27(15-19-6-4-12-29-19)13-17-8-10-26(11-9-17)14-18-5-2-3-7-20(18)23/h2-3,5,7,17,19H,4,6,8-15H2,1H3. The number of piperidine rings is 1. The maximum Gasteiger partial charge on any atom is 0.278 e. The van der Waals surface area contributed by atoms with Crippen LogP contribution in [0.1, 0.15) is 47.4 Å². The molecule has 2 saturated heterocycles. The molecule has 1 aromatic heterocycles. The summed E-state index contributed by atoms with van der Waals surface area (Å²) in [5.41, 5.74) is 1.53. The van der Waals surface area contributed by atoms with Crippen LogP contribution in [-0.2, 0) is 11.3 Å². The Balaban J connectivity index is 1.35. The van der Waals surface area contributed by atoms with Gasteiger partial charge >= 0.3 is 0 Å². The lowest BCUT2D eigenvalue weighted by atomic mass is 9.95. The molecule has 0 aliphatic carbocycles. The summed E-state index contributed by atoms with van der Waals surface area (Å²) >= 11 is 0. The number of ether oxygens (including phenoxy) is 1. The first-order valence-electron chi connectivity index (χ1n) is 10.8. The van der Waals surface area contributed by atoms with Gasteiger partial charge in [0.1, 0.15) is 11.5 Å². The largest absolute Gasteiger partial charge is 0.376 e. The van der Waals surface area contributed by atoms with E-state index < -0.39 is 0 Å². The van der Waals surface area contributed by atoms with Crippen molar-refractivity contribution in [3.63, 3.8) is 0 Å². The molecule has 1 aromatic carbocycles. The highest BCUT2D eigenvalue weighted by Crippen LogP contribution is 2.23. The molecule has 30 heavy (non-hydrogen) atoms. The molecule has 4 rings (SSSR count). The fourth-order valence-electron chi connectivity index (χ4n) is 4.36. The number of rotatable bonds is 7. The van der Waals surface area contributed by atoms with Crippen LogP contribution in [-0.4, -0.2) is 64.9 Å². The number of aryl methyl sites for hydroxylation is 1. The summed E-state index contributed by atoms with van der Waals surface area (Å²) in [5, 5.41) is 7.56. The molecule has 0 saturated carbocycles. The number of nitrogens with zero attached hydrogens (tertiary/aromatic N) is 4. The van der Waals surface area contributed by atoms with Crippen LogP contribution >= 0.6 is 0 Å². The third kappa shape index (κ3) is 5.05. The van der Waals surface area contributed by atoms with Crippen molar-refractivity contribution in [2.45, 2.75) is 45.3 Å². The van der Waals surface area contributed by atoms with E-state index in [2.05, 4.69) is 15.2 Å². The van der Waals surface area contributed by atoms with Crippen molar-refractivity contribution in [2.24, 2.45) is 5.92 Å². The number of carbonyl (C=O) groups is 1. The van der Waals surface area contributed by atoms with E-state index in [0.717, 1.165) is 50.9 Å². The van der Waals surface area contributed by atoms with Gasteiger partial charge in [0.2, 0.25) is 0 Å². The van der Waals surface area contributed by atoms with E-state index in [1.807, 2.05) is 17.0 Å². The summed E-state index contributed by atoms with van der Waals surface area (Å²) in [6.07, 6.45) is 4.03. The molecule has 3 heterocycles. The summed E-state index contributed by atoms with van der Waals surface area (Å²) in [6.45, 7) is 6.14. The van der Waals surface area contributed by atoms with Crippen molar-refractivity contribution < 1.29 is 18.6 Å². The average Bonchev–Trinajstić information content (AvgIpc) is 3.42. The molecule has 1 atom stereocenters. The van der Waals surface area contributed by atoms with E-state index in [9.17, 15) is 9.18 Å². The van der Waals surface area contributed by atoms with Crippen LogP contribution in [0.15, 0.2) is 28.9 Å². The minimum atomic E-state index is -0.149. The Hall–Kier alpha value is -2.32. The van der Waals surface area contributed by atoms with E-state index in [1.54, 1.807) is 13.0 Å². The molecule has 8 heteroatoms. The Morgan fingerprint density at radius 1 is 1.20 bits per heavy atom. The van der Waals surface area contributed by atoms with Gasteiger partial charge in [0.15, 0.2) is 5.69 Å². The number of amides is 1. The lowest BCUT2D eigenvalue weighted by Crippen LogP contribution is -2.43. The third-order valence-corrected chi connectivity index (χ3v) is 6.13. The van der Waals surface area contributed by atoms with Crippen LogP contribution in [0.2, 0.25) is 0 Å². The number of likely N-dealkylation sites (tertiary alicyclic amines) is 1. The molecule has 0 bridgehead atoms. The molecular formula is C22H29FN4O3. The monoisotopic (exact) mass is 416 g/mol. The second-order valence-corrected chi connectivity index (χ2v) is 8.35. The first-order valence-corrected chi connectivity index (χ1v) is 10.8. The smallest absolute Gasteiger partial charge is 0.278 e. The molecule has 2 aliphatic rings. The van der Waals surface area contributed by atoms with Crippen LogP contribution < -0.4 is 0 Å². The topological polar surface area (TPSA) is 71.7 Å². The first-order chi connectivity index (χ1) is 14.6. The first kappa shape index (κ1) is 20.9. The predicted octanol–water partition coefficient (Wildman–Crippen LogP) is 3.05. The predicted molar refractivity (Wildman–Crippen MR) is 108 cm³/mol. The van der Waals surface area contributed by atoms with E-state index >= 15 is 0 Å². The van der Waals surface area contributed by atoms with Gasteiger partial charge < -0.3 is 9.64 Å². The summed E-state index contributed by atoms with van der Waals surface area (Å²) in [4.78, 5) is 17.2. The lowest BCUT2D eigenvalue weighted by Gasteiger charge is -2.35. The van der Waals surface area contributed by atoms with Gasteiger partial charge in [-0.3, -0.25) is 9.69 Å². The zero-order valence-electron chi connectivity index (χ0n) is 17.4. The molecule has 0 radical (unpaired) electrons. The van der Waals surface area contributed by atoms with Crippen molar-refractivity contribution in [2.75, 3.05) is 32.8 Å². The molecule has 1 unspecified atom stereocenters. The molecule has 2 aromatic rings. The Morgan fingerprint density at radius 2 is 2.00 bits per heavy atom. The van der Waals surface area contributed by atoms with Gasteiger partial charge in [0.25, 0.3) is 5.91 Å². The van der Waals surface area contributed by atoms with Crippen molar-refractivity contribution in [3.05, 3.63) is 47.0 Å². The van der Waals surface area contributed by atoms with Gasteiger partial charge in [-0.05, 0) is 62.8 Å². The Bertz CT molecular complexity index is 844. The van der Waals surface area contributed by atoms with Gasteiger partial charge in [-0.25, -0.2) is 9.02 Å². The molecule has 2 fully saturated rings. The average molecular weight is 416 g/mol. The fraction of sp³-hybridized carbons (Fsp3) is 0.591. The maximum absolute atomic E-state index is 13.9. The molecule has 0 N–H and O–H groups in total. The Kier molecular flexibility index (Phi) is 6.74. The van der Waals surface area contributed by atoms with Crippen LogP contribution in [0.3, 0.4) is 0 Å². The number of benzene rings is 1. The zero-order chi connectivity index (χ0) is 20.9. The van der Waals surface area contributed by atoms with Crippen LogP contribution in [0, 0.1) is 18.7 Å². The Morgan fingerprint density at radius 3 is 2.67 bits per heavy atom. The molecular weight excluding hydrogens is 387 g/mol. The van der Waals surface area contributed by atoms with Gasteiger partial charge in [-0.1, -0.05) is 23.4 Å². The number of carbonyl (C=O) groups excluding carboxylic acids is 1. The Labute approximate surface area is 176 Å². The van der Waals surface area contributed by atoms with E-state index in [-0.39, 0.29) is 23.5 Å². The van der Waals surface area contributed by atoms with Crippen molar-refractivity contribution >= 4 is 5.91 Å². The van der Waals surface area contributed by atoms with Gasteiger partial charge in [-0.15, -0.1) is 0 Å². The summed E-state index contributed by atoms with van der Waals surface area (Å²) in [6, 6.07) is 6.95. The quantitative estimate of drug-likeness (QED) is 0.691. The molecule has 0 spiro atoms. The second kappa shape index (κ2) is 9.66. The van der Waals surface area contributed by atoms with Gasteiger partial charge in [0, 0.05) is 31.8 Å². The SMILES string of the molecule is Cc1nonc1C(=O)N(CC1CCN(Cc2ccccc2F)CC1)CC1CCCO1. The highest BCUT2D eigenvalue weighted by molar-refractivity contribution is 5.93. The van der Waals surface area contributed by atoms with Crippen molar-refractivity contribution in [1.82, 2.24) is 20.1 Å². The molecule has 7 nitrogen and oxygen atoms in total. The molecule has 2 aliphatic heterocycles. The summed E-state index contributed by atoms with van der Waals surface area (Å²) < 4.78 is 24.5. The second-order valence-electron chi connectivity index (χ2n) is 8.35. The van der Waals surface area contributed by atoms with E-state index in [0.29, 0.717) is 31.2 Å². The number of aromatic nitrogens is 2. The number of halogens is 1.